The van der Waals surface area contributed by atoms with E-state index in [0.717, 1.165) is 42.5 Å². The number of nitrogens with zero attached hydrogens (tertiary/aromatic N) is 1. The molecule has 0 aliphatic carbocycles. The van der Waals surface area contributed by atoms with Gasteiger partial charge in [-0.25, -0.2) is 12.8 Å². The number of aryl methyl sites for hydroxylation is 1. The van der Waals surface area contributed by atoms with Crippen LogP contribution in [0.4, 0.5) is 15.8 Å². The van der Waals surface area contributed by atoms with Crippen LogP contribution in [0.15, 0.2) is 70.1 Å². The van der Waals surface area contributed by atoms with Gasteiger partial charge in [-0.15, -0.1) is 0 Å². The van der Waals surface area contributed by atoms with E-state index >= 15 is 0 Å². The second-order valence-corrected chi connectivity index (χ2v) is 10.4. The quantitative estimate of drug-likeness (QED) is 0.274. The normalized spacial score (nSPS) is 13.1. The highest BCUT2D eigenvalue weighted by Gasteiger charge is 2.22. The smallest absolute Gasteiger partial charge is 0.261 e. The number of aromatic nitrogens is 1. The second-order valence-electron chi connectivity index (χ2n) is 8.75. The van der Waals surface area contributed by atoms with E-state index in [2.05, 4.69) is 20.5 Å². The zero-order valence-corrected chi connectivity index (χ0v) is 20.2. The lowest BCUT2D eigenvalue weighted by Crippen LogP contribution is -2.16. The van der Waals surface area contributed by atoms with E-state index in [0.29, 0.717) is 29.1 Å². The Bertz CT molecular complexity index is 1530. The Labute approximate surface area is 207 Å². The van der Waals surface area contributed by atoms with Gasteiger partial charge in [-0.05, 0) is 79.4 Å². The minimum absolute atomic E-state index is 0.117. The average molecular weight is 509 g/mol. The van der Waals surface area contributed by atoms with Gasteiger partial charge in [0, 0.05) is 29.4 Å². The van der Waals surface area contributed by atoms with Crippen molar-refractivity contribution in [2.24, 2.45) is 0 Å². The second kappa shape index (κ2) is 10.1. The van der Waals surface area contributed by atoms with Crippen LogP contribution < -0.4 is 15.4 Å². The van der Waals surface area contributed by atoms with Gasteiger partial charge in [0.15, 0.2) is 5.58 Å². The van der Waals surface area contributed by atoms with E-state index in [1.54, 1.807) is 30.3 Å². The van der Waals surface area contributed by atoms with Crippen LogP contribution in [0, 0.1) is 5.82 Å². The van der Waals surface area contributed by atoms with Crippen molar-refractivity contribution in [2.45, 2.75) is 37.1 Å². The maximum atomic E-state index is 13.3. The summed E-state index contributed by atoms with van der Waals surface area (Å²) >= 11 is 0. The summed E-state index contributed by atoms with van der Waals surface area (Å²) in [5, 5.41) is 11.0. The first-order valence-corrected chi connectivity index (χ1v) is 13.1. The van der Waals surface area contributed by atoms with Crippen LogP contribution in [0.5, 0.6) is 0 Å². The van der Waals surface area contributed by atoms with Gasteiger partial charge in [0.2, 0.25) is 5.91 Å². The van der Waals surface area contributed by atoms with Gasteiger partial charge in [0.05, 0.1) is 17.0 Å². The molecule has 0 saturated heterocycles. The van der Waals surface area contributed by atoms with Crippen molar-refractivity contribution in [1.29, 1.82) is 0 Å². The number of halogens is 1. The standard InChI is InChI=1S/C26H25FN4O4S/c27-19-7-9-22-24(30-35-25(22)15-19)6-1-2-11-28-16-17-4-3-5-20(12-17)31-36(33,34)21-8-10-23-18(13-21)14-26(32)29-23/h3-5,7-10,12-13,15,28,31H,1-2,6,11,14,16H2,(H,29,32). The number of carbonyl (C=O) groups excluding carboxylic acids is 1. The van der Waals surface area contributed by atoms with Crippen LogP contribution >= 0.6 is 0 Å². The number of amides is 1. The number of sulfonamides is 1. The molecule has 1 amide bonds. The predicted molar refractivity (Wildman–Crippen MR) is 135 cm³/mol. The van der Waals surface area contributed by atoms with Crippen molar-refractivity contribution in [2.75, 3.05) is 16.6 Å². The van der Waals surface area contributed by atoms with Gasteiger partial charge in [-0.3, -0.25) is 9.52 Å². The van der Waals surface area contributed by atoms with Crippen molar-refractivity contribution < 1.29 is 22.1 Å². The number of anilines is 2. The maximum absolute atomic E-state index is 13.3. The summed E-state index contributed by atoms with van der Waals surface area (Å²) in [5.74, 6) is -0.485. The third-order valence-corrected chi connectivity index (χ3v) is 7.43. The molecule has 3 aromatic carbocycles. The molecule has 3 N–H and O–H groups in total. The molecule has 4 aromatic rings. The number of fused-ring (bicyclic) bond motifs is 2. The third kappa shape index (κ3) is 5.39. The van der Waals surface area contributed by atoms with Gasteiger partial charge in [-0.2, -0.15) is 0 Å². The largest absolute Gasteiger partial charge is 0.356 e. The molecule has 0 atom stereocenters. The summed E-state index contributed by atoms with van der Waals surface area (Å²) in [4.78, 5) is 11.7. The highest BCUT2D eigenvalue weighted by Crippen LogP contribution is 2.27. The van der Waals surface area contributed by atoms with Gasteiger partial charge in [0.1, 0.15) is 5.82 Å². The fourth-order valence-corrected chi connectivity index (χ4v) is 5.35. The van der Waals surface area contributed by atoms with E-state index < -0.39 is 10.0 Å². The number of carbonyl (C=O) groups is 1. The van der Waals surface area contributed by atoms with Crippen molar-refractivity contribution >= 4 is 38.3 Å². The summed E-state index contributed by atoms with van der Waals surface area (Å²) in [6.07, 6.45) is 2.73. The SMILES string of the molecule is O=C1Cc2cc(S(=O)(=O)Nc3cccc(CNCCCCc4noc5cc(F)ccc45)c3)ccc2N1. The first kappa shape index (κ1) is 24.0. The molecule has 8 nitrogen and oxygen atoms in total. The Morgan fingerprint density at radius 1 is 1.06 bits per heavy atom. The van der Waals surface area contributed by atoms with Crippen LogP contribution in [0.3, 0.4) is 0 Å². The molecule has 1 aromatic heterocycles. The van der Waals surface area contributed by atoms with Crippen LogP contribution in [-0.4, -0.2) is 26.0 Å². The van der Waals surface area contributed by atoms with Crippen LogP contribution in [0.25, 0.3) is 11.0 Å². The summed E-state index contributed by atoms with van der Waals surface area (Å²) in [5.41, 5.74) is 4.03. The molecule has 0 bridgehead atoms. The molecule has 0 spiro atoms. The Kier molecular flexibility index (Phi) is 6.71. The minimum Gasteiger partial charge on any atom is -0.356 e. The van der Waals surface area contributed by atoms with Crippen molar-refractivity contribution in [1.82, 2.24) is 10.5 Å². The van der Waals surface area contributed by atoms with E-state index in [9.17, 15) is 17.6 Å². The zero-order valence-electron chi connectivity index (χ0n) is 19.4. The van der Waals surface area contributed by atoms with E-state index in [1.165, 1.54) is 24.3 Å². The molecule has 2 heterocycles. The number of hydrogen-bond acceptors (Lipinski definition) is 6. The van der Waals surface area contributed by atoms with E-state index in [4.69, 9.17) is 4.52 Å². The molecular weight excluding hydrogens is 483 g/mol. The molecule has 0 fully saturated rings. The zero-order chi connectivity index (χ0) is 25.1. The minimum atomic E-state index is -3.79. The number of unbranched alkanes of at least 4 members (excludes halogenated alkanes) is 1. The Morgan fingerprint density at radius 2 is 1.94 bits per heavy atom. The van der Waals surface area contributed by atoms with Gasteiger partial charge in [-0.1, -0.05) is 17.3 Å². The molecule has 1 aliphatic heterocycles. The topological polar surface area (TPSA) is 113 Å². The Hall–Kier alpha value is -3.76. The van der Waals surface area contributed by atoms with Crippen molar-refractivity contribution in [3.05, 3.63) is 83.3 Å². The van der Waals surface area contributed by atoms with E-state index in [1.807, 2.05) is 6.07 Å². The predicted octanol–water partition coefficient (Wildman–Crippen LogP) is 4.37. The summed E-state index contributed by atoms with van der Waals surface area (Å²) < 4.78 is 46.8. The van der Waals surface area contributed by atoms with Crippen molar-refractivity contribution in [3.63, 3.8) is 0 Å². The van der Waals surface area contributed by atoms with Gasteiger partial charge in [0.25, 0.3) is 10.0 Å². The van der Waals surface area contributed by atoms with Crippen LogP contribution in [0.2, 0.25) is 0 Å². The fraction of sp³-hybridized carbons (Fsp3) is 0.231. The highest BCUT2D eigenvalue weighted by atomic mass is 32.2. The average Bonchev–Trinajstić information content (AvgIpc) is 3.42. The number of rotatable bonds is 10. The molecule has 0 radical (unpaired) electrons. The van der Waals surface area contributed by atoms with Gasteiger partial charge >= 0.3 is 0 Å². The number of hydrogen-bond donors (Lipinski definition) is 3. The first-order valence-electron chi connectivity index (χ1n) is 11.7. The lowest BCUT2D eigenvalue weighted by atomic mass is 10.1. The molecule has 0 unspecified atom stereocenters. The lowest BCUT2D eigenvalue weighted by molar-refractivity contribution is -0.115. The van der Waals surface area contributed by atoms with Crippen LogP contribution in [-0.2, 0) is 34.2 Å². The molecule has 5 rings (SSSR count). The summed E-state index contributed by atoms with van der Waals surface area (Å²) in [6.45, 7) is 1.37. The van der Waals surface area contributed by atoms with Gasteiger partial charge < -0.3 is 15.2 Å². The number of nitrogens with one attached hydrogen (secondary N) is 3. The molecule has 186 valence electrons. The summed E-state index contributed by atoms with van der Waals surface area (Å²) in [6, 6.07) is 16.3. The summed E-state index contributed by atoms with van der Waals surface area (Å²) in [7, 11) is -3.79. The molecule has 1 aliphatic rings. The molecule has 36 heavy (non-hydrogen) atoms. The maximum Gasteiger partial charge on any atom is 0.261 e. The van der Waals surface area contributed by atoms with Crippen molar-refractivity contribution in [3.8, 4) is 0 Å². The molecule has 10 heteroatoms. The first-order chi connectivity index (χ1) is 17.4. The highest BCUT2D eigenvalue weighted by molar-refractivity contribution is 7.92. The Balaban J connectivity index is 1.11. The molecular formula is C26H25FN4O4S. The monoisotopic (exact) mass is 508 g/mol. The number of benzene rings is 3. The Morgan fingerprint density at radius 3 is 2.83 bits per heavy atom. The van der Waals surface area contributed by atoms with E-state index in [-0.39, 0.29) is 23.0 Å². The molecule has 0 saturated carbocycles. The third-order valence-electron chi connectivity index (χ3n) is 6.05. The fourth-order valence-electron chi connectivity index (χ4n) is 4.25. The van der Waals surface area contributed by atoms with Crippen LogP contribution in [0.1, 0.15) is 29.7 Å². The lowest BCUT2D eigenvalue weighted by Gasteiger charge is -2.11.